The van der Waals surface area contributed by atoms with E-state index in [0.717, 1.165) is 5.69 Å². The van der Waals surface area contributed by atoms with Crippen LogP contribution in [0.1, 0.15) is 27.1 Å². The number of oxazole rings is 1. The fourth-order valence-electron chi connectivity index (χ4n) is 1.72. The Balaban J connectivity index is 2.16. The number of aliphatic hydroxyl groups is 1. The van der Waals surface area contributed by atoms with E-state index in [1.54, 1.807) is 20.8 Å². The summed E-state index contributed by atoms with van der Waals surface area (Å²) in [7, 11) is -3.63. The van der Waals surface area contributed by atoms with E-state index in [1.807, 2.05) is 0 Å². The van der Waals surface area contributed by atoms with Crippen LogP contribution in [0.15, 0.2) is 15.4 Å². The third-order valence-electron chi connectivity index (χ3n) is 2.85. The maximum atomic E-state index is 12.2. The Morgan fingerprint density at radius 1 is 1.40 bits per heavy atom. The molecule has 2 rings (SSSR count). The smallest absolute Gasteiger partial charge is 0.242 e. The molecule has 8 heteroatoms. The van der Waals surface area contributed by atoms with Crippen LogP contribution in [-0.2, 0) is 23.2 Å². The molecule has 0 unspecified atom stereocenters. The van der Waals surface area contributed by atoms with Gasteiger partial charge >= 0.3 is 0 Å². The van der Waals surface area contributed by atoms with E-state index in [-0.39, 0.29) is 18.0 Å². The minimum Gasteiger partial charge on any atom is -0.444 e. The first kappa shape index (κ1) is 15.2. The summed E-state index contributed by atoms with van der Waals surface area (Å²) in [6.45, 7) is 5.11. The SMILES string of the molecule is Cc1nc(CNS(=O)(=O)c2cc(CO)sc2C)oc1C. The molecule has 2 aromatic heterocycles. The van der Waals surface area contributed by atoms with Crippen molar-refractivity contribution in [3.8, 4) is 0 Å². The molecule has 0 aliphatic rings. The molecule has 0 amide bonds. The zero-order valence-corrected chi connectivity index (χ0v) is 13.1. The molecule has 0 atom stereocenters. The largest absolute Gasteiger partial charge is 0.444 e. The fourth-order valence-corrected chi connectivity index (χ4v) is 4.19. The first-order valence-corrected chi connectivity index (χ1v) is 8.26. The molecule has 0 aromatic carbocycles. The van der Waals surface area contributed by atoms with Gasteiger partial charge in [-0.25, -0.2) is 18.1 Å². The fraction of sp³-hybridized carbons (Fsp3) is 0.417. The number of hydrogen-bond acceptors (Lipinski definition) is 6. The third-order valence-corrected chi connectivity index (χ3v) is 5.55. The lowest BCUT2D eigenvalue weighted by molar-refractivity contribution is 0.285. The van der Waals surface area contributed by atoms with Gasteiger partial charge in [-0.1, -0.05) is 0 Å². The highest BCUT2D eigenvalue weighted by atomic mass is 32.2. The Hall–Kier alpha value is -1.22. The molecule has 0 aliphatic heterocycles. The number of aromatic nitrogens is 1. The molecule has 0 spiro atoms. The van der Waals surface area contributed by atoms with Crippen molar-refractivity contribution in [3.63, 3.8) is 0 Å². The van der Waals surface area contributed by atoms with E-state index in [0.29, 0.717) is 21.4 Å². The number of sulfonamides is 1. The zero-order chi connectivity index (χ0) is 14.9. The second-order valence-corrected chi connectivity index (χ2v) is 7.44. The van der Waals surface area contributed by atoms with E-state index >= 15 is 0 Å². The summed E-state index contributed by atoms with van der Waals surface area (Å²) in [5.74, 6) is 1.01. The van der Waals surface area contributed by atoms with Gasteiger partial charge in [0.25, 0.3) is 0 Å². The van der Waals surface area contributed by atoms with Crippen molar-refractivity contribution in [1.82, 2.24) is 9.71 Å². The van der Waals surface area contributed by atoms with Gasteiger partial charge in [0.2, 0.25) is 15.9 Å². The molecule has 0 bridgehead atoms. The predicted molar refractivity (Wildman–Crippen MR) is 75.0 cm³/mol. The van der Waals surface area contributed by atoms with Gasteiger partial charge in [0.1, 0.15) is 5.76 Å². The number of nitrogens with one attached hydrogen (secondary N) is 1. The zero-order valence-electron chi connectivity index (χ0n) is 11.4. The highest BCUT2D eigenvalue weighted by Crippen LogP contribution is 2.25. The van der Waals surface area contributed by atoms with Crippen molar-refractivity contribution in [2.75, 3.05) is 0 Å². The minimum atomic E-state index is -3.63. The summed E-state index contributed by atoms with van der Waals surface area (Å²) in [6.07, 6.45) is 0. The Morgan fingerprint density at radius 2 is 2.10 bits per heavy atom. The van der Waals surface area contributed by atoms with Gasteiger partial charge in [0, 0.05) is 9.75 Å². The van der Waals surface area contributed by atoms with E-state index in [2.05, 4.69) is 9.71 Å². The van der Waals surface area contributed by atoms with Crippen LogP contribution >= 0.6 is 11.3 Å². The summed E-state index contributed by atoms with van der Waals surface area (Å²) >= 11 is 1.26. The molecule has 6 nitrogen and oxygen atoms in total. The molecule has 0 saturated heterocycles. The molecule has 0 saturated carbocycles. The van der Waals surface area contributed by atoms with E-state index < -0.39 is 10.0 Å². The van der Waals surface area contributed by atoms with Crippen molar-refractivity contribution in [3.05, 3.63) is 33.2 Å². The van der Waals surface area contributed by atoms with Crippen LogP contribution < -0.4 is 4.72 Å². The number of nitrogens with zero attached hydrogens (tertiary/aromatic N) is 1. The summed E-state index contributed by atoms with van der Waals surface area (Å²) in [4.78, 5) is 5.56. The quantitative estimate of drug-likeness (QED) is 0.874. The van der Waals surface area contributed by atoms with Gasteiger partial charge in [-0.05, 0) is 26.8 Å². The number of hydrogen-bond donors (Lipinski definition) is 2. The van der Waals surface area contributed by atoms with Crippen LogP contribution in [0, 0.1) is 20.8 Å². The van der Waals surface area contributed by atoms with Gasteiger partial charge in [0.05, 0.1) is 23.7 Å². The molecule has 2 aromatic rings. The summed E-state index contributed by atoms with van der Waals surface area (Å²) in [5, 5.41) is 9.05. The lowest BCUT2D eigenvalue weighted by Gasteiger charge is -2.03. The lowest BCUT2D eigenvalue weighted by Crippen LogP contribution is -2.23. The van der Waals surface area contributed by atoms with Gasteiger partial charge in [-0.15, -0.1) is 11.3 Å². The maximum Gasteiger partial charge on any atom is 0.242 e. The summed E-state index contributed by atoms with van der Waals surface area (Å²) in [5.41, 5.74) is 0.744. The second-order valence-electron chi connectivity index (χ2n) is 4.37. The van der Waals surface area contributed by atoms with E-state index in [4.69, 9.17) is 9.52 Å². The van der Waals surface area contributed by atoms with Gasteiger partial charge in [-0.2, -0.15) is 0 Å². The van der Waals surface area contributed by atoms with Gasteiger partial charge in [0.15, 0.2) is 0 Å². The lowest BCUT2D eigenvalue weighted by atomic mass is 10.4. The molecule has 20 heavy (non-hydrogen) atoms. The topological polar surface area (TPSA) is 92.4 Å². The second kappa shape index (κ2) is 5.65. The molecule has 2 N–H and O–H groups in total. The van der Waals surface area contributed by atoms with Crippen LogP contribution in [0.2, 0.25) is 0 Å². The highest BCUT2D eigenvalue weighted by Gasteiger charge is 2.20. The molecule has 0 radical (unpaired) electrons. The number of thiophene rings is 1. The average molecular weight is 316 g/mol. The Kier molecular flexibility index (Phi) is 4.28. The predicted octanol–water partition coefficient (Wildman–Crippen LogP) is 1.63. The van der Waals surface area contributed by atoms with Crippen molar-refractivity contribution >= 4 is 21.4 Å². The van der Waals surface area contributed by atoms with Crippen LogP contribution in [0.5, 0.6) is 0 Å². The monoisotopic (exact) mass is 316 g/mol. The average Bonchev–Trinajstić information content (AvgIpc) is 2.91. The highest BCUT2D eigenvalue weighted by molar-refractivity contribution is 7.89. The van der Waals surface area contributed by atoms with E-state index in [9.17, 15) is 8.42 Å². The summed E-state index contributed by atoms with van der Waals surface area (Å²) in [6, 6.07) is 1.48. The van der Waals surface area contributed by atoms with Crippen molar-refractivity contribution in [2.24, 2.45) is 0 Å². The number of aliphatic hydroxyl groups excluding tert-OH is 1. The standard InChI is InChI=1S/C12H16N2O4S2/c1-7-8(2)18-12(14-7)5-13-20(16,17)11-4-10(6-15)19-9(11)3/h4,13,15H,5-6H2,1-3H3. The minimum absolute atomic E-state index is 0.000752. The van der Waals surface area contributed by atoms with Crippen LogP contribution in [0.3, 0.4) is 0 Å². The van der Waals surface area contributed by atoms with Crippen molar-refractivity contribution in [1.29, 1.82) is 0 Å². The molecular weight excluding hydrogens is 300 g/mol. The molecule has 2 heterocycles. The number of aryl methyl sites for hydroxylation is 3. The first-order chi connectivity index (χ1) is 9.33. The Morgan fingerprint density at radius 3 is 2.60 bits per heavy atom. The normalized spacial score (nSPS) is 12.0. The van der Waals surface area contributed by atoms with Gasteiger partial charge < -0.3 is 9.52 Å². The van der Waals surface area contributed by atoms with Crippen molar-refractivity contribution < 1.29 is 17.9 Å². The van der Waals surface area contributed by atoms with Crippen molar-refractivity contribution in [2.45, 2.75) is 38.8 Å². The molecular formula is C12H16N2O4S2. The third kappa shape index (κ3) is 3.09. The first-order valence-electron chi connectivity index (χ1n) is 5.96. The van der Waals surface area contributed by atoms with Crippen LogP contribution in [0.25, 0.3) is 0 Å². The van der Waals surface area contributed by atoms with Crippen LogP contribution in [-0.4, -0.2) is 18.5 Å². The maximum absolute atomic E-state index is 12.2. The Bertz CT molecular complexity index is 696. The summed E-state index contributed by atoms with van der Waals surface area (Å²) < 4.78 is 32.2. The van der Waals surface area contributed by atoms with Gasteiger partial charge in [-0.3, -0.25) is 0 Å². The Labute approximate surface area is 121 Å². The molecule has 110 valence electrons. The van der Waals surface area contributed by atoms with Crippen LogP contribution in [0.4, 0.5) is 0 Å². The molecule has 0 aliphatic carbocycles. The van der Waals surface area contributed by atoms with E-state index in [1.165, 1.54) is 17.4 Å². The molecule has 0 fully saturated rings. The number of rotatable bonds is 5.